The van der Waals surface area contributed by atoms with E-state index in [0.29, 0.717) is 23.2 Å². The van der Waals surface area contributed by atoms with Gasteiger partial charge in [-0.25, -0.2) is 17.7 Å². The maximum Gasteiger partial charge on any atom is 0.287 e. The summed E-state index contributed by atoms with van der Waals surface area (Å²) in [4.78, 5) is 3.98. The lowest BCUT2D eigenvalue weighted by Gasteiger charge is -2.20. The van der Waals surface area contributed by atoms with Crippen molar-refractivity contribution in [3.63, 3.8) is 0 Å². The summed E-state index contributed by atoms with van der Waals surface area (Å²) in [7, 11) is -5.09. The van der Waals surface area contributed by atoms with E-state index in [-0.39, 0.29) is 27.4 Å². The van der Waals surface area contributed by atoms with Crippen molar-refractivity contribution in [3.05, 3.63) is 29.3 Å². The van der Waals surface area contributed by atoms with Gasteiger partial charge in [-0.2, -0.15) is 20.2 Å². The molecule has 0 spiro atoms. The third-order valence-corrected chi connectivity index (χ3v) is 8.98. The summed E-state index contributed by atoms with van der Waals surface area (Å²) < 4.78 is 54.4. The molecule has 2 aromatic rings. The maximum atomic E-state index is 12.6. The van der Waals surface area contributed by atoms with Crippen molar-refractivity contribution in [2.75, 3.05) is 37.0 Å². The Kier molecular flexibility index (Phi) is 7.29. The lowest BCUT2D eigenvalue weighted by molar-refractivity contribution is 0.520. The van der Waals surface area contributed by atoms with E-state index in [1.807, 2.05) is 5.38 Å². The van der Waals surface area contributed by atoms with Crippen LogP contribution in [0.1, 0.15) is 5.69 Å². The van der Waals surface area contributed by atoms with Gasteiger partial charge in [0.05, 0.1) is 16.3 Å². The highest BCUT2D eigenvalue weighted by Gasteiger charge is 2.28. The van der Waals surface area contributed by atoms with Crippen LogP contribution in [-0.4, -0.2) is 64.4 Å². The van der Waals surface area contributed by atoms with Crippen LogP contribution in [0, 0.1) is 5.41 Å². The fraction of sp³-hybridized carbons (Fsp3) is 0.312. The number of anilines is 2. The Hall–Kier alpha value is -2.40. The Labute approximate surface area is 194 Å². The summed E-state index contributed by atoms with van der Waals surface area (Å²) in [6.07, 6.45) is 0. The highest BCUT2D eigenvalue weighted by atomic mass is 32.2. The highest BCUT2D eigenvalue weighted by molar-refractivity contribution is 7.98. The molecule has 1 aliphatic rings. The summed E-state index contributed by atoms with van der Waals surface area (Å²) in [5, 5.41) is 18.1. The van der Waals surface area contributed by atoms with Gasteiger partial charge in [0.15, 0.2) is 11.1 Å². The lowest BCUT2D eigenvalue weighted by atomic mass is 10.3. The van der Waals surface area contributed by atoms with Crippen molar-refractivity contribution in [1.29, 1.82) is 5.41 Å². The monoisotopic (exact) mass is 518 g/mol. The molecule has 32 heavy (non-hydrogen) atoms. The van der Waals surface area contributed by atoms with Gasteiger partial charge in [0.1, 0.15) is 4.90 Å². The minimum absolute atomic E-state index is 0.0721. The number of hydrogen-bond donors (Lipinski definition) is 5. The number of rotatable bonds is 8. The fourth-order valence-electron chi connectivity index (χ4n) is 2.55. The molecule has 0 aliphatic carbocycles. The van der Waals surface area contributed by atoms with E-state index in [1.54, 1.807) is 11.8 Å². The molecular weight excluding hydrogens is 496 g/mol. The van der Waals surface area contributed by atoms with Crippen molar-refractivity contribution in [2.24, 2.45) is 10.1 Å². The van der Waals surface area contributed by atoms with E-state index < -0.39 is 20.0 Å². The molecule has 1 aromatic carbocycles. The largest absolute Gasteiger partial charge is 0.370 e. The van der Waals surface area contributed by atoms with E-state index in [2.05, 4.69) is 25.3 Å². The molecule has 16 heteroatoms. The molecule has 0 unspecified atom stereocenters. The standard InChI is InChI=1S/C16H22N8O4S4/c1-24(2)32(27,28)11-3-4-12-13(7-11)31(25,26)23-15(21-12)19-5-6-29-8-10-9-30-16(20-10)22-14(17)18/h3-4,7,9H,5-6,8H2,1-2H3,(H2,19,21,23)(H4,17,18,20,22). The Balaban J connectivity index is 1.57. The number of nitrogens with one attached hydrogen (secondary N) is 4. The third kappa shape index (κ3) is 5.69. The summed E-state index contributed by atoms with van der Waals surface area (Å²) in [5.74, 6) is 1.20. The molecule has 0 saturated carbocycles. The number of aromatic nitrogens is 1. The van der Waals surface area contributed by atoms with Gasteiger partial charge in [0.25, 0.3) is 10.0 Å². The molecule has 0 fully saturated rings. The van der Waals surface area contributed by atoms with Crippen LogP contribution in [0.5, 0.6) is 0 Å². The van der Waals surface area contributed by atoms with Crippen molar-refractivity contribution in [1.82, 2.24) is 14.6 Å². The topological polar surface area (TPSA) is 183 Å². The Morgan fingerprint density at radius 2 is 2.12 bits per heavy atom. The Morgan fingerprint density at radius 1 is 1.38 bits per heavy atom. The van der Waals surface area contributed by atoms with Gasteiger partial charge in [0, 0.05) is 37.5 Å². The number of nitrogens with two attached hydrogens (primary N) is 1. The number of hydrogen-bond acceptors (Lipinski definition) is 10. The zero-order chi connectivity index (χ0) is 23.5. The van der Waals surface area contributed by atoms with Crippen LogP contribution in [0.4, 0.5) is 10.8 Å². The van der Waals surface area contributed by atoms with Crippen LogP contribution < -0.4 is 21.7 Å². The minimum Gasteiger partial charge on any atom is -0.370 e. The first kappa shape index (κ1) is 24.2. The van der Waals surface area contributed by atoms with E-state index in [4.69, 9.17) is 11.1 Å². The summed E-state index contributed by atoms with van der Waals surface area (Å²) in [5.41, 5.74) is 6.36. The number of thioether (sulfide) groups is 1. The SMILES string of the molecule is CN(C)S(=O)(=O)c1ccc2c(c1)S(=O)(=O)N=C(NCCSCc1csc(NC(=N)N)n1)N2. The first-order valence-corrected chi connectivity index (χ1v) is 14.0. The molecule has 0 amide bonds. The summed E-state index contributed by atoms with van der Waals surface area (Å²) in [6.45, 7) is 0.442. The van der Waals surface area contributed by atoms with Gasteiger partial charge < -0.3 is 21.7 Å². The molecule has 2 heterocycles. The van der Waals surface area contributed by atoms with E-state index >= 15 is 0 Å². The lowest BCUT2D eigenvalue weighted by Crippen LogP contribution is -2.36. The van der Waals surface area contributed by atoms with E-state index in [0.717, 1.165) is 16.1 Å². The predicted molar refractivity (Wildman–Crippen MR) is 127 cm³/mol. The number of thiazole rings is 1. The minimum atomic E-state index is -4.06. The Morgan fingerprint density at radius 3 is 2.81 bits per heavy atom. The van der Waals surface area contributed by atoms with Crippen LogP contribution in [0.2, 0.25) is 0 Å². The van der Waals surface area contributed by atoms with Crippen LogP contribution >= 0.6 is 23.1 Å². The number of fused-ring (bicyclic) bond motifs is 1. The normalized spacial score (nSPS) is 14.9. The highest BCUT2D eigenvalue weighted by Crippen LogP contribution is 2.30. The third-order valence-electron chi connectivity index (χ3n) is 4.06. The van der Waals surface area contributed by atoms with Crippen molar-refractivity contribution in [3.8, 4) is 0 Å². The maximum absolute atomic E-state index is 12.6. The smallest absolute Gasteiger partial charge is 0.287 e. The first-order chi connectivity index (χ1) is 15.0. The zero-order valence-corrected chi connectivity index (χ0v) is 20.4. The quantitative estimate of drug-likeness (QED) is 0.189. The van der Waals surface area contributed by atoms with E-state index in [1.165, 1.54) is 37.6 Å². The van der Waals surface area contributed by atoms with Gasteiger partial charge in [-0.05, 0) is 18.2 Å². The van der Waals surface area contributed by atoms with Crippen molar-refractivity contribution >= 4 is 65.9 Å². The van der Waals surface area contributed by atoms with Gasteiger partial charge in [0.2, 0.25) is 16.0 Å². The molecule has 1 aliphatic heterocycles. The molecule has 174 valence electrons. The second-order valence-corrected chi connectivity index (χ2v) is 12.3. The average molecular weight is 519 g/mol. The molecule has 0 saturated heterocycles. The average Bonchev–Trinajstić information content (AvgIpc) is 3.13. The van der Waals surface area contributed by atoms with Crippen LogP contribution in [0.3, 0.4) is 0 Å². The van der Waals surface area contributed by atoms with Gasteiger partial charge in [-0.3, -0.25) is 5.41 Å². The first-order valence-electron chi connectivity index (χ1n) is 9.04. The number of nitrogens with zero attached hydrogens (tertiary/aromatic N) is 3. The fourth-order valence-corrected chi connectivity index (χ4v) is 6.25. The number of guanidine groups is 2. The van der Waals surface area contributed by atoms with Crippen LogP contribution in [-0.2, 0) is 25.8 Å². The predicted octanol–water partition coefficient (Wildman–Crippen LogP) is 0.692. The Bertz CT molecular complexity index is 1250. The van der Waals surface area contributed by atoms with Gasteiger partial charge in [-0.1, -0.05) is 0 Å². The molecule has 0 bridgehead atoms. The molecule has 6 N–H and O–H groups in total. The van der Waals surface area contributed by atoms with Crippen molar-refractivity contribution in [2.45, 2.75) is 15.5 Å². The number of benzene rings is 1. The second kappa shape index (κ2) is 9.62. The molecule has 1 aromatic heterocycles. The summed E-state index contributed by atoms with van der Waals surface area (Å²) >= 11 is 2.94. The van der Waals surface area contributed by atoms with Crippen LogP contribution in [0.25, 0.3) is 0 Å². The molecular formula is C16H22N8O4S4. The van der Waals surface area contributed by atoms with E-state index in [9.17, 15) is 16.8 Å². The molecule has 3 rings (SSSR count). The van der Waals surface area contributed by atoms with Gasteiger partial charge in [-0.15, -0.1) is 15.7 Å². The molecule has 0 atom stereocenters. The zero-order valence-electron chi connectivity index (χ0n) is 17.1. The second-order valence-electron chi connectivity index (χ2n) is 6.65. The van der Waals surface area contributed by atoms with Crippen molar-refractivity contribution < 1.29 is 16.8 Å². The van der Waals surface area contributed by atoms with Crippen LogP contribution in [0.15, 0.2) is 37.8 Å². The molecule has 12 nitrogen and oxygen atoms in total. The summed E-state index contributed by atoms with van der Waals surface area (Å²) in [6, 6.07) is 3.86. The van der Waals surface area contributed by atoms with Gasteiger partial charge >= 0.3 is 0 Å². The number of sulfonamides is 2. The molecule has 0 radical (unpaired) electrons.